The predicted molar refractivity (Wildman–Crippen MR) is 98.2 cm³/mol. The van der Waals surface area contributed by atoms with Gasteiger partial charge < -0.3 is 9.72 Å². The van der Waals surface area contributed by atoms with Gasteiger partial charge in [-0.3, -0.25) is 9.89 Å². The third kappa shape index (κ3) is 3.34. The van der Waals surface area contributed by atoms with Gasteiger partial charge >= 0.3 is 0 Å². The van der Waals surface area contributed by atoms with Crippen molar-refractivity contribution < 1.29 is 13.2 Å². The van der Waals surface area contributed by atoms with Crippen LogP contribution in [-0.2, 0) is 16.3 Å². The molecule has 2 heterocycles. The van der Waals surface area contributed by atoms with Gasteiger partial charge in [0.15, 0.2) is 15.4 Å². The zero-order valence-corrected chi connectivity index (χ0v) is 15.6. The Morgan fingerprint density at radius 2 is 1.96 bits per heavy atom. The topological polar surface area (TPSA) is 118 Å². The number of sulfone groups is 1. The van der Waals surface area contributed by atoms with E-state index in [1.54, 1.807) is 6.07 Å². The van der Waals surface area contributed by atoms with E-state index in [9.17, 15) is 13.2 Å². The summed E-state index contributed by atoms with van der Waals surface area (Å²) in [6.07, 6.45) is 2.55. The predicted octanol–water partition coefficient (Wildman–Crippen LogP) is 2.07. The average molecular weight is 376 g/mol. The molecule has 3 aromatic rings. The zero-order valence-electron chi connectivity index (χ0n) is 14.8. The van der Waals surface area contributed by atoms with Crippen LogP contribution in [0.25, 0.3) is 22.4 Å². The molecule has 0 unspecified atom stereocenters. The fourth-order valence-corrected chi connectivity index (χ4v) is 3.24. The van der Waals surface area contributed by atoms with Crippen LogP contribution in [0.5, 0.6) is 5.75 Å². The fraction of sp³-hybridized carbons (Fsp3) is 0.353. The zero-order chi connectivity index (χ0) is 18.9. The van der Waals surface area contributed by atoms with Crippen LogP contribution in [0.3, 0.4) is 0 Å². The third-order valence-corrected chi connectivity index (χ3v) is 5.04. The lowest BCUT2D eigenvalue weighted by atomic mass is 10.1. The van der Waals surface area contributed by atoms with Gasteiger partial charge in [0.25, 0.3) is 5.56 Å². The Bertz CT molecular complexity index is 1120. The first-order valence-electron chi connectivity index (χ1n) is 8.29. The maximum atomic E-state index is 12.4. The molecule has 0 saturated carbocycles. The standard InChI is InChI=1S/C17H20N4O4S/c1-4-8-25-13-7-6-10(26(3,23)24)9-11(13)16-18-14-12(5-2)20-21-15(14)17(22)19-16/h6-7,9H,4-5,8H2,1-3H3,(H,20,21)(H,18,19,22). The van der Waals surface area contributed by atoms with Crippen molar-refractivity contribution in [2.75, 3.05) is 12.9 Å². The molecule has 8 nitrogen and oxygen atoms in total. The van der Waals surface area contributed by atoms with Crippen LogP contribution < -0.4 is 10.3 Å². The minimum atomic E-state index is -3.42. The number of nitrogens with zero attached hydrogens (tertiary/aromatic N) is 2. The normalized spacial score (nSPS) is 11.8. The molecule has 0 aliphatic rings. The van der Waals surface area contributed by atoms with Gasteiger partial charge in [0, 0.05) is 6.26 Å². The molecule has 0 aliphatic carbocycles. The maximum Gasteiger partial charge on any atom is 0.279 e. The van der Waals surface area contributed by atoms with Gasteiger partial charge in [0.2, 0.25) is 0 Å². The number of aromatic nitrogens is 4. The number of nitrogens with one attached hydrogen (secondary N) is 2. The van der Waals surface area contributed by atoms with E-state index in [1.165, 1.54) is 12.1 Å². The van der Waals surface area contributed by atoms with Crippen LogP contribution in [0.1, 0.15) is 26.0 Å². The van der Waals surface area contributed by atoms with E-state index in [0.29, 0.717) is 29.9 Å². The van der Waals surface area contributed by atoms with E-state index < -0.39 is 15.4 Å². The summed E-state index contributed by atoms with van der Waals surface area (Å²) in [5.74, 6) is 0.707. The Labute approximate surface area is 150 Å². The summed E-state index contributed by atoms with van der Waals surface area (Å²) >= 11 is 0. The minimum Gasteiger partial charge on any atom is -0.493 e. The van der Waals surface area contributed by atoms with Crippen LogP contribution in [-0.4, -0.2) is 41.4 Å². The second-order valence-electron chi connectivity index (χ2n) is 5.95. The summed E-state index contributed by atoms with van der Waals surface area (Å²) in [5, 5.41) is 6.80. The van der Waals surface area contributed by atoms with Gasteiger partial charge in [-0.25, -0.2) is 13.4 Å². The van der Waals surface area contributed by atoms with Gasteiger partial charge in [-0.15, -0.1) is 0 Å². The van der Waals surface area contributed by atoms with Crippen LogP contribution in [0.4, 0.5) is 0 Å². The number of hydrogen-bond acceptors (Lipinski definition) is 6. The van der Waals surface area contributed by atoms with E-state index in [4.69, 9.17) is 4.74 Å². The number of H-pyrrole nitrogens is 2. The number of benzene rings is 1. The highest BCUT2D eigenvalue weighted by molar-refractivity contribution is 7.90. The van der Waals surface area contributed by atoms with Crippen LogP contribution in [0.15, 0.2) is 27.9 Å². The van der Waals surface area contributed by atoms with Crippen LogP contribution in [0.2, 0.25) is 0 Å². The van der Waals surface area contributed by atoms with Crippen molar-refractivity contribution in [2.24, 2.45) is 0 Å². The van der Waals surface area contributed by atoms with E-state index >= 15 is 0 Å². The molecule has 1 aromatic carbocycles. The average Bonchev–Trinajstić information content (AvgIpc) is 3.02. The molecule has 26 heavy (non-hydrogen) atoms. The molecule has 0 spiro atoms. The van der Waals surface area contributed by atoms with E-state index in [2.05, 4.69) is 20.2 Å². The molecule has 0 saturated heterocycles. The molecule has 0 aliphatic heterocycles. The molecular formula is C17H20N4O4S. The number of ether oxygens (including phenoxy) is 1. The van der Waals surface area contributed by atoms with E-state index in [0.717, 1.165) is 18.4 Å². The monoisotopic (exact) mass is 376 g/mol. The Morgan fingerprint density at radius 1 is 1.19 bits per heavy atom. The summed E-state index contributed by atoms with van der Waals surface area (Å²) in [4.78, 5) is 19.7. The lowest BCUT2D eigenvalue weighted by Gasteiger charge is -2.12. The van der Waals surface area contributed by atoms with Crippen molar-refractivity contribution in [3.8, 4) is 17.1 Å². The summed E-state index contributed by atoms with van der Waals surface area (Å²) in [6, 6.07) is 4.54. The quantitative estimate of drug-likeness (QED) is 0.680. The summed E-state index contributed by atoms with van der Waals surface area (Å²) in [6.45, 7) is 4.36. The SMILES string of the molecule is CCCOc1ccc(S(C)(=O)=O)cc1-c1nc2c(CC)[nH]nc2c(=O)[nH]1. The Hall–Kier alpha value is -2.68. The van der Waals surface area contributed by atoms with E-state index in [1.807, 2.05) is 13.8 Å². The molecule has 3 rings (SSSR count). The number of aromatic amines is 2. The second-order valence-corrected chi connectivity index (χ2v) is 7.96. The van der Waals surface area contributed by atoms with E-state index in [-0.39, 0.29) is 16.2 Å². The second kappa shape index (κ2) is 6.91. The van der Waals surface area contributed by atoms with Crippen molar-refractivity contribution in [1.29, 1.82) is 0 Å². The number of fused-ring (bicyclic) bond motifs is 1. The third-order valence-electron chi connectivity index (χ3n) is 3.93. The highest BCUT2D eigenvalue weighted by Gasteiger charge is 2.18. The lowest BCUT2D eigenvalue weighted by Crippen LogP contribution is -2.11. The highest BCUT2D eigenvalue weighted by atomic mass is 32.2. The molecule has 2 N–H and O–H groups in total. The largest absolute Gasteiger partial charge is 0.493 e. The summed E-state index contributed by atoms with van der Waals surface area (Å²) < 4.78 is 29.6. The van der Waals surface area contributed by atoms with Crippen LogP contribution >= 0.6 is 0 Å². The van der Waals surface area contributed by atoms with Crippen molar-refractivity contribution in [3.05, 3.63) is 34.2 Å². The van der Waals surface area contributed by atoms with Crippen molar-refractivity contribution in [2.45, 2.75) is 31.6 Å². The molecule has 0 amide bonds. The first-order valence-corrected chi connectivity index (χ1v) is 10.2. The first-order chi connectivity index (χ1) is 12.3. The maximum absolute atomic E-state index is 12.4. The summed E-state index contributed by atoms with van der Waals surface area (Å²) in [5.41, 5.74) is 1.46. The number of aryl methyl sites for hydroxylation is 1. The molecule has 0 fully saturated rings. The van der Waals surface area contributed by atoms with Crippen molar-refractivity contribution in [1.82, 2.24) is 20.2 Å². The van der Waals surface area contributed by atoms with Gasteiger partial charge in [-0.05, 0) is 31.0 Å². The van der Waals surface area contributed by atoms with Crippen LogP contribution in [0, 0.1) is 0 Å². The Kier molecular flexibility index (Phi) is 4.82. The molecule has 0 radical (unpaired) electrons. The summed E-state index contributed by atoms with van der Waals surface area (Å²) in [7, 11) is -3.42. The lowest BCUT2D eigenvalue weighted by molar-refractivity contribution is 0.318. The number of rotatable bonds is 6. The highest BCUT2D eigenvalue weighted by Crippen LogP contribution is 2.31. The van der Waals surface area contributed by atoms with Crippen molar-refractivity contribution >= 4 is 20.9 Å². The minimum absolute atomic E-state index is 0.127. The van der Waals surface area contributed by atoms with Gasteiger partial charge in [0.1, 0.15) is 17.1 Å². The molecule has 138 valence electrons. The fourth-order valence-electron chi connectivity index (χ4n) is 2.59. The Balaban J connectivity index is 2.26. The number of hydrogen-bond donors (Lipinski definition) is 2. The van der Waals surface area contributed by atoms with Gasteiger partial charge in [-0.1, -0.05) is 13.8 Å². The molecule has 2 aromatic heterocycles. The Morgan fingerprint density at radius 3 is 2.62 bits per heavy atom. The molecule has 9 heteroatoms. The first kappa shape index (κ1) is 18.1. The smallest absolute Gasteiger partial charge is 0.279 e. The molecule has 0 atom stereocenters. The van der Waals surface area contributed by atoms with Gasteiger partial charge in [0.05, 0.1) is 22.8 Å². The van der Waals surface area contributed by atoms with Gasteiger partial charge in [-0.2, -0.15) is 5.10 Å². The van der Waals surface area contributed by atoms with Crippen molar-refractivity contribution in [3.63, 3.8) is 0 Å². The molecule has 0 bridgehead atoms. The molecular weight excluding hydrogens is 356 g/mol.